The molecule has 0 atom stereocenters. The van der Waals surface area contributed by atoms with Crippen LogP contribution in [0.5, 0.6) is 5.75 Å². The Bertz CT molecular complexity index is 922. The van der Waals surface area contributed by atoms with Gasteiger partial charge in [0.25, 0.3) is 5.91 Å². The van der Waals surface area contributed by atoms with Gasteiger partial charge in [0.05, 0.1) is 6.61 Å². The molecule has 1 saturated heterocycles. The molecule has 1 N–H and O–H groups in total. The molecule has 0 spiro atoms. The number of anilines is 2. The highest BCUT2D eigenvalue weighted by molar-refractivity contribution is 6.09. The minimum Gasteiger partial charge on any atom is -0.494 e. The van der Waals surface area contributed by atoms with Crippen molar-refractivity contribution in [2.24, 2.45) is 0 Å². The molecule has 2 aromatic carbocycles. The average molecular weight is 375 g/mol. The average Bonchev–Trinajstić information content (AvgIpc) is 3.22. The molecule has 5 nitrogen and oxygen atoms in total. The highest BCUT2D eigenvalue weighted by atomic mass is 16.5. The van der Waals surface area contributed by atoms with E-state index >= 15 is 0 Å². The van der Waals surface area contributed by atoms with Gasteiger partial charge in [-0.15, -0.1) is 0 Å². The van der Waals surface area contributed by atoms with Crippen LogP contribution in [0.2, 0.25) is 0 Å². The van der Waals surface area contributed by atoms with E-state index < -0.39 is 5.91 Å². The fourth-order valence-corrected chi connectivity index (χ4v) is 3.33. The summed E-state index contributed by atoms with van der Waals surface area (Å²) in [6.45, 7) is 6.62. The van der Waals surface area contributed by atoms with Crippen LogP contribution in [0.15, 0.2) is 48.0 Å². The fourth-order valence-electron chi connectivity index (χ4n) is 3.33. The summed E-state index contributed by atoms with van der Waals surface area (Å²) >= 11 is 0. The van der Waals surface area contributed by atoms with Gasteiger partial charge in [-0.3, -0.25) is 4.79 Å². The van der Waals surface area contributed by atoms with Gasteiger partial charge in [-0.2, -0.15) is 5.26 Å². The van der Waals surface area contributed by atoms with Crippen molar-refractivity contribution in [3.8, 4) is 11.8 Å². The standard InChI is InChI=1S/C23H25N3O2/c1-3-28-22-8-6-7-20(15-22)25-23(27)19(16-24)14-18-9-10-21(13-17(18)2)26-11-4-5-12-26/h6-10,13-15H,3-5,11-12H2,1-2H3,(H,25,27)/b19-14-. The van der Waals surface area contributed by atoms with Gasteiger partial charge < -0.3 is 15.0 Å². The highest BCUT2D eigenvalue weighted by Gasteiger charge is 2.14. The van der Waals surface area contributed by atoms with Crippen LogP contribution in [0.3, 0.4) is 0 Å². The Hall–Kier alpha value is -3.26. The SMILES string of the molecule is CCOc1cccc(NC(=O)/C(C#N)=C\c2ccc(N3CCCC3)cc2C)c1. The lowest BCUT2D eigenvalue weighted by atomic mass is 10.0. The second-order valence-electron chi connectivity index (χ2n) is 6.82. The summed E-state index contributed by atoms with van der Waals surface area (Å²) < 4.78 is 5.44. The van der Waals surface area contributed by atoms with Gasteiger partial charge in [-0.05, 0) is 68.2 Å². The molecule has 1 aliphatic heterocycles. The Morgan fingerprint density at radius 2 is 2.04 bits per heavy atom. The van der Waals surface area contributed by atoms with E-state index in [0.717, 1.165) is 24.2 Å². The van der Waals surface area contributed by atoms with Gasteiger partial charge in [-0.25, -0.2) is 0 Å². The first kappa shape index (κ1) is 19.5. The number of carbonyl (C=O) groups excluding carboxylic acids is 1. The van der Waals surface area contributed by atoms with Crippen molar-refractivity contribution in [2.45, 2.75) is 26.7 Å². The number of aryl methyl sites for hydroxylation is 1. The minimum atomic E-state index is -0.431. The zero-order valence-corrected chi connectivity index (χ0v) is 16.4. The van der Waals surface area contributed by atoms with Crippen molar-refractivity contribution in [3.05, 3.63) is 59.2 Å². The topological polar surface area (TPSA) is 65.4 Å². The third kappa shape index (κ3) is 4.72. The molecule has 0 saturated carbocycles. The maximum absolute atomic E-state index is 12.6. The number of nitrogens with zero attached hydrogens (tertiary/aromatic N) is 2. The van der Waals surface area contributed by atoms with E-state index in [0.29, 0.717) is 18.0 Å². The van der Waals surface area contributed by atoms with Gasteiger partial charge in [0.1, 0.15) is 17.4 Å². The summed E-state index contributed by atoms with van der Waals surface area (Å²) in [5.74, 6) is 0.246. The molecule has 1 amide bonds. The molecule has 28 heavy (non-hydrogen) atoms. The minimum absolute atomic E-state index is 0.0684. The molecule has 0 aliphatic carbocycles. The first-order valence-electron chi connectivity index (χ1n) is 9.62. The number of rotatable bonds is 6. The molecule has 2 aromatic rings. The quantitative estimate of drug-likeness (QED) is 0.595. The van der Waals surface area contributed by atoms with Crippen LogP contribution < -0.4 is 15.0 Å². The molecule has 5 heteroatoms. The number of hydrogen-bond donors (Lipinski definition) is 1. The second kappa shape index (κ2) is 9.09. The number of carbonyl (C=O) groups is 1. The van der Waals surface area contributed by atoms with Crippen LogP contribution in [0, 0.1) is 18.3 Å². The molecule has 0 bridgehead atoms. The molecular formula is C23H25N3O2. The molecule has 0 unspecified atom stereocenters. The molecule has 1 heterocycles. The Balaban J connectivity index is 1.76. The van der Waals surface area contributed by atoms with Crippen LogP contribution in [-0.4, -0.2) is 25.6 Å². The Labute approximate surface area is 166 Å². The summed E-state index contributed by atoms with van der Waals surface area (Å²) in [5.41, 5.74) is 3.78. The van der Waals surface area contributed by atoms with E-state index in [9.17, 15) is 10.1 Å². The van der Waals surface area contributed by atoms with Crippen molar-refractivity contribution in [2.75, 3.05) is 29.9 Å². The van der Waals surface area contributed by atoms with Crippen molar-refractivity contribution in [1.29, 1.82) is 5.26 Å². The normalized spacial score (nSPS) is 13.9. The van der Waals surface area contributed by atoms with E-state index in [1.807, 2.05) is 32.0 Å². The van der Waals surface area contributed by atoms with Crippen LogP contribution in [-0.2, 0) is 4.79 Å². The fraction of sp³-hybridized carbons (Fsp3) is 0.304. The smallest absolute Gasteiger partial charge is 0.266 e. The molecule has 1 aliphatic rings. The lowest BCUT2D eigenvalue weighted by Crippen LogP contribution is -2.17. The van der Waals surface area contributed by atoms with Gasteiger partial charge >= 0.3 is 0 Å². The maximum Gasteiger partial charge on any atom is 0.266 e. The monoisotopic (exact) mass is 375 g/mol. The first-order chi connectivity index (χ1) is 13.6. The first-order valence-corrected chi connectivity index (χ1v) is 9.62. The van der Waals surface area contributed by atoms with Crippen LogP contribution >= 0.6 is 0 Å². The largest absolute Gasteiger partial charge is 0.494 e. The molecule has 0 radical (unpaired) electrons. The third-order valence-electron chi connectivity index (χ3n) is 4.79. The zero-order valence-electron chi connectivity index (χ0n) is 16.4. The Kier molecular flexibility index (Phi) is 6.33. The highest BCUT2D eigenvalue weighted by Crippen LogP contribution is 2.24. The zero-order chi connectivity index (χ0) is 19.9. The lowest BCUT2D eigenvalue weighted by Gasteiger charge is -2.18. The number of benzene rings is 2. The predicted molar refractivity (Wildman–Crippen MR) is 112 cm³/mol. The molecule has 1 fully saturated rings. The summed E-state index contributed by atoms with van der Waals surface area (Å²) in [6.07, 6.45) is 4.10. The van der Waals surface area contributed by atoms with Crippen LogP contribution in [0.25, 0.3) is 6.08 Å². The van der Waals surface area contributed by atoms with Gasteiger partial charge in [0, 0.05) is 30.5 Å². The maximum atomic E-state index is 12.6. The van der Waals surface area contributed by atoms with Crippen molar-refractivity contribution in [3.63, 3.8) is 0 Å². The number of nitrogens with one attached hydrogen (secondary N) is 1. The van der Waals surface area contributed by atoms with E-state index in [-0.39, 0.29) is 5.57 Å². The van der Waals surface area contributed by atoms with E-state index in [4.69, 9.17) is 4.74 Å². The Morgan fingerprint density at radius 1 is 1.25 bits per heavy atom. The predicted octanol–water partition coefficient (Wildman–Crippen LogP) is 4.54. The van der Waals surface area contributed by atoms with E-state index in [2.05, 4.69) is 22.3 Å². The van der Waals surface area contributed by atoms with Crippen molar-refractivity contribution in [1.82, 2.24) is 0 Å². The molecule has 0 aromatic heterocycles. The van der Waals surface area contributed by atoms with Crippen molar-refractivity contribution < 1.29 is 9.53 Å². The second-order valence-corrected chi connectivity index (χ2v) is 6.82. The number of amides is 1. The summed E-state index contributed by atoms with van der Waals surface area (Å²) in [7, 11) is 0. The van der Waals surface area contributed by atoms with Gasteiger partial charge in [-0.1, -0.05) is 12.1 Å². The Morgan fingerprint density at radius 3 is 2.71 bits per heavy atom. The van der Waals surface area contributed by atoms with E-state index in [1.165, 1.54) is 18.5 Å². The van der Waals surface area contributed by atoms with E-state index in [1.54, 1.807) is 24.3 Å². The van der Waals surface area contributed by atoms with Gasteiger partial charge in [0.15, 0.2) is 0 Å². The number of hydrogen-bond acceptors (Lipinski definition) is 4. The van der Waals surface area contributed by atoms with Crippen LogP contribution in [0.4, 0.5) is 11.4 Å². The molecular weight excluding hydrogens is 350 g/mol. The summed E-state index contributed by atoms with van der Waals surface area (Å²) in [4.78, 5) is 14.9. The number of ether oxygens (including phenoxy) is 1. The summed E-state index contributed by atoms with van der Waals surface area (Å²) in [5, 5.41) is 12.3. The summed E-state index contributed by atoms with van der Waals surface area (Å²) in [6, 6.07) is 15.3. The van der Waals surface area contributed by atoms with Gasteiger partial charge in [0.2, 0.25) is 0 Å². The van der Waals surface area contributed by atoms with Crippen LogP contribution in [0.1, 0.15) is 30.9 Å². The molecule has 144 valence electrons. The lowest BCUT2D eigenvalue weighted by molar-refractivity contribution is -0.112. The number of nitriles is 1. The third-order valence-corrected chi connectivity index (χ3v) is 4.79. The van der Waals surface area contributed by atoms with Crippen molar-refractivity contribution >= 4 is 23.4 Å². The molecule has 3 rings (SSSR count).